The molecule has 26 nitrogen and oxygen atoms in total. The first-order valence-electron chi connectivity index (χ1n) is 17.6. The molecule has 9 amide bonds. The van der Waals surface area contributed by atoms with Crippen molar-refractivity contribution in [2.24, 2.45) is 5.73 Å². The molecule has 15 N–H and O–H groups in total. The third-order valence-electron chi connectivity index (χ3n) is 7.82. The second-order valence-electron chi connectivity index (χ2n) is 13.1. The van der Waals surface area contributed by atoms with Crippen LogP contribution in [0.4, 0.5) is 0 Å². The summed E-state index contributed by atoms with van der Waals surface area (Å²) < 4.78 is 15.6. The van der Waals surface area contributed by atoms with Gasteiger partial charge in [0, 0.05) is 0 Å². The van der Waals surface area contributed by atoms with E-state index in [9.17, 15) is 62.7 Å². The van der Waals surface area contributed by atoms with E-state index in [1.165, 1.54) is 48.5 Å². The summed E-state index contributed by atoms with van der Waals surface area (Å²) in [5.41, 5.74) is 5.44. The van der Waals surface area contributed by atoms with Crippen molar-refractivity contribution in [3.8, 4) is 0 Å². The zero-order chi connectivity index (χ0) is 45.2. The van der Waals surface area contributed by atoms with Crippen LogP contribution in [0, 0.1) is 0 Å². The van der Waals surface area contributed by atoms with Crippen molar-refractivity contribution in [2.45, 2.75) is 116 Å². The number of phosphoric acid groups is 1. The summed E-state index contributed by atoms with van der Waals surface area (Å²) in [6, 6.07) is -13.6. The Bertz CT molecular complexity index is 1580. The first-order chi connectivity index (χ1) is 26.6. The molecule has 0 aliphatic rings. The number of hydrogen-bond acceptors (Lipinski definition) is 15. The Labute approximate surface area is 332 Å². The molecule has 330 valence electrons. The second-order valence-corrected chi connectivity index (χ2v) is 14.4. The minimum Gasteiger partial charge on any atom is -0.394 e. The van der Waals surface area contributed by atoms with Gasteiger partial charge in [-0.1, -0.05) is 0 Å². The number of carbonyl (C=O) groups is 10. The third-order valence-corrected chi connectivity index (χ3v) is 8.30. The van der Waals surface area contributed by atoms with Crippen molar-refractivity contribution in [1.82, 2.24) is 47.9 Å². The van der Waals surface area contributed by atoms with Gasteiger partial charge in [0.05, 0.1) is 31.9 Å². The number of rotatable bonds is 24. The SMILES string of the molecule is CC(=O)[C@H](C)NC(=O)[C@H](CO)NC(=O)[C@H](C)NC(=O)[C@H](C)NC(=O)[C@H](CO)NC(=O)[C@H](C)NC(=O)[C@H](C)NC(=O)[C@H](COP(=O)(O)O)NC(=O)[C@H](C)NC(=O)[C@H](C)N. The molecule has 0 aliphatic carbocycles. The predicted molar refractivity (Wildman–Crippen MR) is 198 cm³/mol. The standard InChI is InChI=1S/C31H55N10O16P/c1-12(32)23(45)34-16(5)28(50)41-22(11-57-58(54,55)56)31(53)38-15(4)25(47)36-18(7)27(49)40-21(10-43)30(52)37-14(3)24(46)35-17(6)26(48)39-20(9-42)29(51)33-13(2)19(8)44/h12-18,20-22,42-43H,9-11,32H2,1-8H3,(H,33,51)(H,34,45)(H,35,46)(H,36,47)(H,37,52)(H,38,53)(H,39,48)(H,40,49)(H,41,50)(H2,54,55,56)/t12-,13-,14-,15-,16-,17-,18-,20-,21-,22-/m0/s1. The number of carbonyl (C=O) groups excluding carboxylic acids is 10. The van der Waals surface area contributed by atoms with Gasteiger partial charge in [-0.25, -0.2) is 4.57 Å². The van der Waals surface area contributed by atoms with E-state index in [0.29, 0.717) is 0 Å². The predicted octanol–water partition coefficient (Wildman–Crippen LogP) is -7.50. The van der Waals surface area contributed by atoms with E-state index in [0.717, 1.165) is 6.92 Å². The molecule has 58 heavy (non-hydrogen) atoms. The summed E-state index contributed by atoms with van der Waals surface area (Å²) in [4.78, 5) is 143. The van der Waals surface area contributed by atoms with Gasteiger partial charge in [0.15, 0.2) is 5.78 Å². The van der Waals surface area contributed by atoms with Gasteiger partial charge in [0.25, 0.3) is 0 Å². The van der Waals surface area contributed by atoms with Gasteiger partial charge in [-0.3, -0.25) is 52.5 Å². The number of phosphoric ester groups is 1. The van der Waals surface area contributed by atoms with E-state index in [1.807, 2.05) is 0 Å². The molecule has 0 saturated heterocycles. The molecule has 27 heteroatoms. The lowest BCUT2D eigenvalue weighted by Gasteiger charge is -2.25. The molecule has 0 aromatic carbocycles. The average molecular weight is 855 g/mol. The third kappa shape index (κ3) is 19.4. The molecule has 0 spiro atoms. The molecular formula is C31H55N10O16P. The van der Waals surface area contributed by atoms with Crippen molar-refractivity contribution < 1.29 is 77.0 Å². The Morgan fingerprint density at radius 1 is 0.466 bits per heavy atom. The summed E-state index contributed by atoms with van der Waals surface area (Å²) in [5, 5.41) is 39.2. The highest BCUT2D eigenvalue weighted by Gasteiger charge is 2.32. The fourth-order valence-corrected chi connectivity index (χ4v) is 4.37. The number of nitrogens with two attached hydrogens (primary N) is 1. The van der Waals surface area contributed by atoms with Crippen LogP contribution in [-0.4, -0.2) is 159 Å². The van der Waals surface area contributed by atoms with Crippen LogP contribution >= 0.6 is 7.82 Å². The topological polar surface area (TPSA) is 412 Å². The second kappa shape index (κ2) is 24.6. The summed E-state index contributed by atoms with van der Waals surface area (Å²) in [5.74, 6) is -9.02. The van der Waals surface area contributed by atoms with E-state index in [2.05, 4.69) is 52.4 Å². The number of nitrogens with one attached hydrogen (secondary N) is 9. The zero-order valence-electron chi connectivity index (χ0n) is 33.1. The monoisotopic (exact) mass is 854 g/mol. The molecule has 0 heterocycles. The maximum Gasteiger partial charge on any atom is 0.469 e. The van der Waals surface area contributed by atoms with Crippen LogP contribution in [0.3, 0.4) is 0 Å². The van der Waals surface area contributed by atoms with Gasteiger partial charge < -0.3 is 73.6 Å². The van der Waals surface area contributed by atoms with Crippen molar-refractivity contribution in [3.63, 3.8) is 0 Å². The highest BCUT2D eigenvalue weighted by atomic mass is 31.2. The van der Waals surface area contributed by atoms with Crippen LogP contribution in [0.5, 0.6) is 0 Å². The number of ketones is 1. The molecule has 0 rings (SSSR count). The van der Waals surface area contributed by atoms with Crippen molar-refractivity contribution in [3.05, 3.63) is 0 Å². The number of amides is 9. The summed E-state index contributed by atoms with van der Waals surface area (Å²) >= 11 is 0. The molecule has 0 bridgehead atoms. The van der Waals surface area contributed by atoms with E-state index in [4.69, 9.17) is 15.5 Å². The van der Waals surface area contributed by atoms with Crippen LogP contribution < -0.4 is 53.6 Å². The molecule has 0 aliphatic heterocycles. The van der Waals surface area contributed by atoms with Gasteiger partial charge in [-0.2, -0.15) is 0 Å². The quantitative estimate of drug-likeness (QED) is 0.0401. The molecule has 0 radical (unpaired) electrons. The maximum absolute atomic E-state index is 12.9. The first-order valence-corrected chi connectivity index (χ1v) is 19.1. The number of aliphatic hydroxyl groups is 2. The van der Waals surface area contributed by atoms with Gasteiger partial charge in [0.2, 0.25) is 53.2 Å². The minimum atomic E-state index is -5.15. The minimum absolute atomic E-state index is 0.376. The molecule has 0 unspecified atom stereocenters. The lowest BCUT2D eigenvalue weighted by molar-refractivity contribution is -0.136. The average Bonchev–Trinajstić information content (AvgIpc) is 3.12. The Kier molecular flexibility index (Phi) is 22.4. The largest absolute Gasteiger partial charge is 0.469 e. The molecule has 0 saturated carbocycles. The maximum atomic E-state index is 12.9. The first kappa shape index (κ1) is 52.9. The highest BCUT2D eigenvalue weighted by Crippen LogP contribution is 2.35. The van der Waals surface area contributed by atoms with Gasteiger partial charge in [-0.15, -0.1) is 0 Å². The Hall–Kier alpha value is -5.11. The van der Waals surface area contributed by atoms with E-state index >= 15 is 0 Å². The van der Waals surface area contributed by atoms with E-state index < -0.39 is 141 Å². The van der Waals surface area contributed by atoms with Crippen LogP contribution in [0.15, 0.2) is 0 Å². The Balaban J connectivity index is 5.34. The molecule has 0 aromatic heterocycles. The Morgan fingerprint density at radius 3 is 1.02 bits per heavy atom. The summed E-state index contributed by atoms with van der Waals surface area (Å²) in [6.45, 7) is 7.05. The van der Waals surface area contributed by atoms with Crippen molar-refractivity contribution in [2.75, 3.05) is 19.8 Å². The van der Waals surface area contributed by atoms with Gasteiger partial charge in [0.1, 0.15) is 48.3 Å². The number of Topliss-reactive ketones (excluding diaryl/α,β-unsaturated/α-hetero) is 1. The van der Waals surface area contributed by atoms with Crippen LogP contribution in [0.1, 0.15) is 55.4 Å². The van der Waals surface area contributed by atoms with Crippen LogP contribution in [0.25, 0.3) is 0 Å². The lowest BCUT2D eigenvalue weighted by atomic mass is 10.2. The summed E-state index contributed by atoms with van der Waals surface area (Å²) in [7, 11) is -5.15. The van der Waals surface area contributed by atoms with Gasteiger partial charge in [-0.05, 0) is 55.4 Å². The zero-order valence-corrected chi connectivity index (χ0v) is 34.0. The molecule has 0 fully saturated rings. The van der Waals surface area contributed by atoms with E-state index in [-0.39, 0.29) is 5.78 Å². The number of aliphatic hydroxyl groups excluding tert-OH is 2. The molecular weight excluding hydrogens is 799 g/mol. The Morgan fingerprint density at radius 2 is 0.724 bits per heavy atom. The highest BCUT2D eigenvalue weighted by molar-refractivity contribution is 7.46. The van der Waals surface area contributed by atoms with Crippen molar-refractivity contribution in [1.29, 1.82) is 0 Å². The molecule has 10 atom stereocenters. The molecule has 0 aromatic rings. The van der Waals surface area contributed by atoms with Crippen LogP contribution in [-0.2, 0) is 57.0 Å². The van der Waals surface area contributed by atoms with E-state index in [1.54, 1.807) is 0 Å². The fraction of sp³-hybridized carbons (Fsp3) is 0.677. The smallest absolute Gasteiger partial charge is 0.394 e. The fourth-order valence-electron chi connectivity index (χ4n) is 4.03. The number of hydrogen-bond donors (Lipinski definition) is 14. The van der Waals surface area contributed by atoms with Gasteiger partial charge >= 0.3 is 7.82 Å². The lowest BCUT2D eigenvalue weighted by Crippen LogP contribution is -2.60. The normalized spacial score (nSPS) is 16.4. The van der Waals surface area contributed by atoms with Crippen molar-refractivity contribution >= 4 is 66.8 Å². The summed E-state index contributed by atoms with van der Waals surface area (Å²) in [6.07, 6.45) is 0. The van der Waals surface area contributed by atoms with Crippen LogP contribution in [0.2, 0.25) is 0 Å².